The van der Waals surface area contributed by atoms with Crippen molar-refractivity contribution in [2.75, 3.05) is 24.4 Å². The van der Waals surface area contributed by atoms with Gasteiger partial charge in [0, 0.05) is 12.2 Å². The molecular weight excluding hydrogens is 434 g/mol. The van der Waals surface area contributed by atoms with Crippen LogP contribution in [0, 0.1) is 0 Å². The second-order valence-electron chi connectivity index (χ2n) is 7.49. The number of hydrogen-bond acceptors (Lipinski definition) is 6. The van der Waals surface area contributed by atoms with Crippen LogP contribution in [0.3, 0.4) is 0 Å². The van der Waals surface area contributed by atoms with Gasteiger partial charge >= 0.3 is 0 Å². The van der Waals surface area contributed by atoms with Crippen molar-refractivity contribution in [1.29, 1.82) is 0 Å². The van der Waals surface area contributed by atoms with Crippen LogP contribution >= 0.6 is 11.3 Å². The lowest BCUT2D eigenvalue weighted by Crippen LogP contribution is -2.37. The van der Waals surface area contributed by atoms with E-state index >= 15 is 0 Å². The number of hydrogen-bond donors (Lipinski definition) is 2. The van der Waals surface area contributed by atoms with Crippen molar-refractivity contribution < 1.29 is 17.6 Å². The van der Waals surface area contributed by atoms with Crippen LogP contribution < -0.4 is 10.0 Å². The van der Waals surface area contributed by atoms with Crippen LogP contribution in [0.25, 0.3) is 0 Å². The molecule has 4 rings (SSSR count). The molecular formula is C22H25N3O4S2. The van der Waals surface area contributed by atoms with Crippen molar-refractivity contribution in [1.82, 2.24) is 10.2 Å². The molecule has 2 aromatic heterocycles. The first-order valence-electron chi connectivity index (χ1n) is 10.2. The van der Waals surface area contributed by atoms with Gasteiger partial charge < -0.3 is 9.73 Å². The summed E-state index contributed by atoms with van der Waals surface area (Å²) in [6.45, 7) is 2.50. The number of sulfonamides is 1. The second kappa shape index (κ2) is 9.67. The molecule has 31 heavy (non-hydrogen) atoms. The van der Waals surface area contributed by atoms with E-state index in [1.165, 1.54) is 0 Å². The van der Waals surface area contributed by atoms with Crippen LogP contribution in [0.4, 0.5) is 5.69 Å². The quantitative estimate of drug-likeness (QED) is 0.510. The van der Waals surface area contributed by atoms with E-state index in [0.29, 0.717) is 12.2 Å². The number of nitrogens with zero attached hydrogens (tertiary/aromatic N) is 1. The summed E-state index contributed by atoms with van der Waals surface area (Å²) in [4.78, 5) is 14.8. The highest BCUT2D eigenvalue weighted by atomic mass is 32.2. The fraction of sp³-hybridized carbons (Fsp3) is 0.318. The zero-order valence-electron chi connectivity index (χ0n) is 17.0. The third-order valence-electron chi connectivity index (χ3n) is 5.28. The smallest absolute Gasteiger partial charge is 0.271 e. The fourth-order valence-corrected chi connectivity index (χ4v) is 5.77. The standard InChI is InChI=1S/C22H25N3O4S2/c26-21(23-16-19(20-5-3-13-29-20)25-11-1-2-12-25)15-17-7-9-18(10-8-17)24-31(27,28)22-6-4-14-30-22/h3-10,13-14,19,24H,1-2,11-12,15-16H2,(H,23,26). The van der Waals surface area contributed by atoms with Crippen molar-refractivity contribution in [2.45, 2.75) is 29.5 Å². The summed E-state index contributed by atoms with van der Waals surface area (Å²) >= 11 is 1.16. The number of likely N-dealkylation sites (tertiary alicyclic amines) is 1. The molecule has 9 heteroatoms. The molecule has 0 aliphatic carbocycles. The highest BCUT2D eigenvalue weighted by Gasteiger charge is 2.26. The first kappa shape index (κ1) is 21.6. The highest BCUT2D eigenvalue weighted by molar-refractivity contribution is 7.94. The van der Waals surface area contributed by atoms with Gasteiger partial charge in [-0.2, -0.15) is 0 Å². The van der Waals surface area contributed by atoms with Crippen LogP contribution in [-0.2, 0) is 21.2 Å². The molecule has 7 nitrogen and oxygen atoms in total. The van der Waals surface area contributed by atoms with Gasteiger partial charge in [0.2, 0.25) is 5.91 Å². The van der Waals surface area contributed by atoms with Gasteiger partial charge in [-0.25, -0.2) is 8.42 Å². The van der Waals surface area contributed by atoms with E-state index < -0.39 is 10.0 Å². The van der Waals surface area contributed by atoms with Gasteiger partial charge in [-0.3, -0.25) is 14.4 Å². The maximum atomic E-state index is 12.5. The van der Waals surface area contributed by atoms with Crippen LogP contribution in [0.15, 0.2) is 68.8 Å². The van der Waals surface area contributed by atoms with E-state index in [0.717, 1.165) is 48.6 Å². The van der Waals surface area contributed by atoms with E-state index in [4.69, 9.17) is 4.42 Å². The minimum absolute atomic E-state index is 0.0375. The first-order chi connectivity index (χ1) is 15.0. The molecule has 164 valence electrons. The third-order valence-corrected chi connectivity index (χ3v) is 8.06. The van der Waals surface area contributed by atoms with E-state index in [9.17, 15) is 13.2 Å². The predicted molar refractivity (Wildman–Crippen MR) is 121 cm³/mol. The SMILES string of the molecule is O=C(Cc1ccc(NS(=O)(=O)c2cccs2)cc1)NCC(c1ccco1)N1CCCC1. The summed E-state index contributed by atoms with van der Waals surface area (Å²) in [6.07, 6.45) is 4.21. The Hall–Kier alpha value is -2.62. The zero-order chi connectivity index (χ0) is 21.7. The van der Waals surface area contributed by atoms with Crippen molar-refractivity contribution in [3.05, 3.63) is 71.5 Å². The normalized spacial score (nSPS) is 15.6. The van der Waals surface area contributed by atoms with Crippen LogP contribution in [-0.4, -0.2) is 38.9 Å². The van der Waals surface area contributed by atoms with E-state index in [2.05, 4.69) is 14.9 Å². The minimum Gasteiger partial charge on any atom is -0.468 e. The molecule has 1 aromatic carbocycles. The van der Waals surface area contributed by atoms with E-state index in [-0.39, 0.29) is 22.6 Å². The number of nitrogens with one attached hydrogen (secondary N) is 2. The Labute approximate surface area is 186 Å². The summed E-state index contributed by atoms with van der Waals surface area (Å²) in [5.41, 5.74) is 1.27. The van der Waals surface area contributed by atoms with E-state index in [1.54, 1.807) is 48.0 Å². The molecule has 1 aliphatic rings. The van der Waals surface area contributed by atoms with Gasteiger partial charge in [-0.05, 0) is 67.2 Å². The first-order valence-corrected chi connectivity index (χ1v) is 12.6. The summed E-state index contributed by atoms with van der Waals surface area (Å²) in [5, 5.41) is 4.74. The molecule has 0 spiro atoms. The van der Waals surface area contributed by atoms with Crippen LogP contribution in [0.2, 0.25) is 0 Å². The van der Waals surface area contributed by atoms with Gasteiger partial charge in [-0.1, -0.05) is 18.2 Å². The lowest BCUT2D eigenvalue weighted by Gasteiger charge is -2.26. The summed E-state index contributed by atoms with van der Waals surface area (Å²) < 4.78 is 33.0. The lowest BCUT2D eigenvalue weighted by molar-refractivity contribution is -0.120. The van der Waals surface area contributed by atoms with Crippen molar-refractivity contribution in [3.63, 3.8) is 0 Å². The number of rotatable bonds is 9. The van der Waals surface area contributed by atoms with E-state index in [1.807, 2.05) is 12.1 Å². The van der Waals surface area contributed by atoms with Gasteiger partial charge in [0.15, 0.2) is 0 Å². The molecule has 0 bridgehead atoms. The Balaban J connectivity index is 1.32. The van der Waals surface area contributed by atoms with Crippen molar-refractivity contribution >= 4 is 33.0 Å². The third kappa shape index (κ3) is 5.55. The van der Waals surface area contributed by atoms with Crippen LogP contribution in [0.1, 0.15) is 30.2 Å². The highest BCUT2D eigenvalue weighted by Crippen LogP contribution is 2.25. The average Bonchev–Trinajstić information content (AvgIpc) is 3.52. The maximum Gasteiger partial charge on any atom is 0.271 e. The van der Waals surface area contributed by atoms with Gasteiger partial charge in [0.25, 0.3) is 10.0 Å². The Kier molecular flexibility index (Phi) is 6.74. The Bertz CT molecular complexity index is 1070. The fourth-order valence-electron chi connectivity index (χ4n) is 3.71. The number of furan rings is 1. The lowest BCUT2D eigenvalue weighted by atomic mass is 10.1. The molecule has 1 aliphatic heterocycles. The summed E-state index contributed by atoms with van der Waals surface area (Å²) in [5.74, 6) is 0.784. The molecule has 2 N–H and O–H groups in total. The largest absolute Gasteiger partial charge is 0.468 e. The molecule has 1 saturated heterocycles. The Morgan fingerprint density at radius 1 is 1.10 bits per heavy atom. The summed E-state index contributed by atoms with van der Waals surface area (Å²) in [7, 11) is -3.58. The maximum absolute atomic E-state index is 12.5. The molecule has 1 fully saturated rings. The molecule has 1 atom stereocenters. The average molecular weight is 460 g/mol. The molecule has 3 aromatic rings. The molecule has 3 heterocycles. The number of thiophene rings is 1. The Morgan fingerprint density at radius 3 is 2.52 bits per heavy atom. The number of carbonyl (C=O) groups is 1. The molecule has 0 saturated carbocycles. The van der Waals surface area contributed by atoms with Crippen LogP contribution in [0.5, 0.6) is 0 Å². The zero-order valence-corrected chi connectivity index (χ0v) is 18.6. The number of anilines is 1. The van der Waals surface area contributed by atoms with Gasteiger partial charge in [0.05, 0.1) is 18.7 Å². The second-order valence-corrected chi connectivity index (χ2v) is 10.3. The minimum atomic E-state index is -3.58. The molecule has 0 radical (unpaired) electrons. The summed E-state index contributed by atoms with van der Waals surface area (Å²) in [6, 6.07) is 14.0. The predicted octanol–water partition coefficient (Wildman–Crippen LogP) is 3.64. The van der Waals surface area contributed by atoms with Crippen molar-refractivity contribution in [3.8, 4) is 0 Å². The monoisotopic (exact) mass is 459 g/mol. The van der Waals surface area contributed by atoms with Gasteiger partial charge in [-0.15, -0.1) is 11.3 Å². The topological polar surface area (TPSA) is 91.6 Å². The number of benzene rings is 1. The van der Waals surface area contributed by atoms with Crippen molar-refractivity contribution in [2.24, 2.45) is 0 Å². The molecule has 1 amide bonds. The Morgan fingerprint density at radius 2 is 1.87 bits per heavy atom. The number of amides is 1. The van der Waals surface area contributed by atoms with Gasteiger partial charge in [0.1, 0.15) is 9.97 Å². The molecule has 1 unspecified atom stereocenters. The number of carbonyl (C=O) groups excluding carboxylic acids is 1.